The Bertz CT molecular complexity index is 2610. The van der Waals surface area contributed by atoms with Crippen LogP contribution in [-0.2, 0) is 26.7 Å². The van der Waals surface area contributed by atoms with Crippen molar-refractivity contribution in [1.29, 1.82) is 0 Å². The predicted octanol–water partition coefficient (Wildman–Crippen LogP) is 8.61. The number of para-hydroxylation sites is 2. The van der Waals surface area contributed by atoms with Gasteiger partial charge in [0.15, 0.2) is 0 Å². The lowest BCUT2D eigenvalue weighted by molar-refractivity contribution is 0.594. The summed E-state index contributed by atoms with van der Waals surface area (Å²) in [5.41, 5.74) is 2.92. The minimum absolute atomic E-state index is 0.144. The van der Waals surface area contributed by atoms with Crippen molar-refractivity contribution in [2.24, 2.45) is 7.05 Å². The van der Waals surface area contributed by atoms with E-state index in [4.69, 9.17) is 0 Å². The van der Waals surface area contributed by atoms with Crippen LogP contribution in [-0.4, -0.2) is 26.0 Å². The van der Waals surface area contributed by atoms with Crippen LogP contribution in [0.15, 0.2) is 190 Å². The molecule has 0 unspecified atom stereocenters. The summed E-state index contributed by atoms with van der Waals surface area (Å²) >= 11 is 3.06. The molecule has 0 radical (unpaired) electrons. The first-order valence-corrected chi connectivity index (χ1v) is 20.1. The maximum absolute atomic E-state index is 13.5. The number of nitrogens with zero attached hydrogens (tertiary/aromatic N) is 2. The van der Waals surface area contributed by atoms with E-state index in [1.54, 1.807) is 89.0 Å². The highest BCUT2D eigenvalue weighted by molar-refractivity contribution is 7.99. The van der Waals surface area contributed by atoms with Crippen molar-refractivity contribution in [3.05, 3.63) is 162 Å². The van der Waals surface area contributed by atoms with E-state index in [1.165, 1.54) is 35.7 Å². The molecular formula is C39H30N2O5S4. The third-order valence-electron chi connectivity index (χ3n) is 8.26. The van der Waals surface area contributed by atoms with Crippen molar-refractivity contribution in [1.82, 2.24) is 9.13 Å². The van der Waals surface area contributed by atoms with E-state index >= 15 is 0 Å². The number of rotatable bonds is 9. The molecule has 7 nitrogen and oxygen atoms in total. The Kier molecular flexibility index (Phi) is 9.08. The number of fused-ring (bicyclic) bond motifs is 1. The highest BCUT2D eigenvalue weighted by Crippen LogP contribution is 2.34. The Hall–Kier alpha value is -4.81. The summed E-state index contributed by atoms with van der Waals surface area (Å²) in [6.45, 7) is 1.92. The number of benzene rings is 6. The first kappa shape index (κ1) is 33.7. The highest BCUT2D eigenvalue weighted by atomic mass is 32.2. The van der Waals surface area contributed by atoms with Gasteiger partial charge in [-0.25, -0.2) is 21.6 Å². The van der Waals surface area contributed by atoms with Gasteiger partial charge < -0.3 is 0 Å². The lowest BCUT2D eigenvalue weighted by atomic mass is 10.2. The summed E-state index contributed by atoms with van der Waals surface area (Å²) in [5.74, 6) is 0. The SMILES string of the molecule is Cc1ccc(S(=O)(=O)c2ccc(Sc3ccc(Sc4ccc(S(=O)(=O)c5ccc(-n6c(=O)n(C)c7ccccc76)cc5)cc4)cc3)cc2)cc1. The monoisotopic (exact) mass is 734 g/mol. The lowest BCUT2D eigenvalue weighted by Crippen LogP contribution is -2.20. The van der Waals surface area contributed by atoms with Crippen molar-refractivity contribution in [3.63, 3.8) is 0 Å². The van der Waals surface area contributed by atoms with Gasteiger partial charge in [-0.2, -0.15) is 0 Å². The van der Waals surface area contributed by atoms with Gasteiger partial charge in [-0.3, -0.25) is 9.13 Å². The molecule has 0 aliphatic heterocycles. The Morgan fingerprint density at radius 1 is 0.460 bits per heavy atom. The zero-order valence-electron chi connectivity index (χ0n) is 26.9. The molecule has 250 valence electrons. The quantitative estimate of drug-likeness (QED) is 0.147. The van der Waals surface area contributed by atoms with Gasteiger partial charge in [0.25, 0.3) is 0 Å². The van der Waals surface area contributed by atoms with E-state index < -0.39 is 19.7 Å². The van der Waals surface area contributed by atoms with Crippen molar-refractivity contribution in [2.45, 2.75) is 46.1 Å². The Balaban J connectivity index is 1.000. The molecule has 7 aromatic rings. The van der Waals surface area contributed by atoms with Crippen molar-refractivity contribution >= 4 is 54.2 Å². The van der Waals surface area contributed by atoms with E-state index in [0.717, 1.165) is 36.2 Å². The fourth-order valence-electron chi connectivity index (χ4n) is 5.53. The molecule has 0 amide bonds. The third-order valence-corrected chi connectivity index (χ3v) is 13.9. The van der Waals surface area contributed by atoms with E-state index in [2.05, 4.69) is 0 Å². The largest absolute Gasteiger partial charge is 0.333 e. The van der Waals surface area contributed by atoms with Crippen LogP contribution in [0.1, 0.15) is 5.56 Å². The van der Waals surface area contributed by atoms with E-state index in [-0.39, 0.29) is 25.3 Å². The normalized spacial score (nSPS) is 12.0. The first-order valence-electron chi connectivity index (χ1n) is 15.5. The average Bonchev–Trinajstić information content (AvgIpc) is 3.38. The van der Waals surface area contributed by atoms with Crippen LogP contribution in [0, 0.1) is 6.92 Å². The molecule has 0 atom stereocenters. The van der Waals surface area contributed by atoms with Crippen LogP contribution < -0.4 is 5.69 Å². The molecule has 7 rings (SSSR count). The van der Waals surface area contributed by atoms with Gasteiger partial charge in [0.1, 0.15) is 0 Å². The third kappa shape index (κ3) is 6.57. The average molecular weight is 735 g/mol. The molecule has 0 aliphatic carbocycles. The smallest absolute Gasteiger partial charge is 0.295 e. The number of imidazole rings is 1. The molecule has 0 aliphatic rings. The molecule has 0 saturated heterocycles. The van der Waals surface area contributed by atoms with Gasteiger partial charge in [0, 0.05) is 26.6 Å². The molecule has 0 bridgehead atoms. The van der Waals surface area contributed by atoms with Crippen LogP contribution in [0.5, 0.6) is 0 Å². The first-order chi connectivity index (χ1) is 24.0. The summed E-state index contributed by atoms with van der Waals surface area (Å²) in [5, 5.41) is 0. The van der Waals surface area contributed by atoms with Crippen molar-refractivity contribution in [3.8, 4) is 5.69 Å². The molecule has 11 heteroatoms. The van der Waals surface area contributed by atoms with E-state index in [1.807, 2.05) is 67.6 Å². The summed E-state index contributed by atoms with van der Waals surface area (Å²) in [7, 11) is -5.64. The number of aryl methyl sites for hydroxylation is 2. The molecule has 50 heavy (non-hydrogen) atoms. The number of sulfone groups is 2. The molecule has 1 heterocycles. The van der Waals surface area contributed by atoms with Crippen LogP contribution in [0.25, 0.3) is 16.7 Å². The molecule has 0 N–H and O–H groups in total. The number of aromatic nitrogens is 2. The molecule has 0 saturated carbocycles. The van der Waals surface area contributed by atoms with Crippen LogP contribution in [0.3, 0.4) is 0 Å². The predicted molar refractivity (Wildman–Crippen MR) is 198 cm³/mol. The van der Waals surface area contributed by atoms with E-state index in [9.17, 15) is 21.6 Å². The zero-order valence-corrected chi connectivity index (χ0v) is 30.2. The fraction of sp³-hybridized carbons (Fsp3) is 0.0513. The maximum atomic E-state index is 13.5. The van der Waals surface area contributed by atoms with Crippen LogP contribution in [0.4, 0.5) is 0 Å². The minimum Gasteiger partial charge on any atom is -0.295 e. The van der Waals surface area contributed by atoms with Gasteiger partial charge in [0.2, 0.25) is 19.7 Å². The van der Waals surface area contributed by atoms with Gasteiger partial charge in [-0.1, -0.05) is 53.4 Å². The minimum atomic E-state index is -3.78. The summed E-state index contributed by atoms with van der Waals surface area (Å²) in [4.78, 5) is 17.6. The van der Waals surface area contributed by atoms with Gasteiger partial charge in [0.05, 0.1) is 36.3 Å². The van der Waals surface area contributed by atoms with E-state index in [0.29, 0.717) is 5.69 Å². The van der Waals surface area contributed by atoms with Gasteiger partial charge >= 0.3 is 5.69 Å². The summed E-state index contributed by atoms with van der Waals surface area (Å²) in [6, 6.07) is 42.3. The Morgan fingerprint density at radius 2 is 0.800 bits per heavy atom. The molecule has 6 aromatic carbocycles. The lowest BCUT2D eigenvalue weighted by Gasteiger charge is -2.09. The maximum Gasteiger partial charge on any atom is 0.333 e. The topological polar surface area (TPSA) is 95.2 Å². The van der Waals surface area contributed by atoms with Gasteiger partial charge in [-0.05, 0) is 128 Å². The second-order valence-electron chi connectivity index (χ2n) is 11.6. The highest BCUT2D eigenvalue weighted by Gasteiger charge is 2.20. The fourth-order valence-corrected chi connectivity index (χ4v) is 9.68. The summed E-state index contributed by atoms with van der Waals surface area (Å²) < 4.78 is 56.0. The van der Waals surface area contributed by atoms with Crippen molar-refractivity contribution in [2.75, 3.05) is 0 Å². The van der Waals surface area contributed by atoms with Crippen LogP contribution in [0.2, 0.25) is 0 Å². The molecule has 0 spiro atoms. The summed E-state index contributed by atoms with van der Waals surface area (Å²) in [6.07, 6.45) is 0. The van der Waals surface area contributed by atoms with Crippen LogP contribution >= 0.6 is 23.5 Å². The number of hydrogen-bond acceptors (Lipinski definition) is 7. The molecular weight excluding hydrogens is 705 g/mol. The molecule has 1 aromatic heterocycles. The standard InChI is InChI=1S/C39H30N2O5S4/c1-27-7-19-33(20-8-27)49(43,44)35-23-15-31(16-24-35)47-29-11-13-30(14-12-29)48-32-17-25-36(26-18-32)50(45,46)34-21-9-28(10-22-34)41-38-6-4-3-5-37(38)40(2)39(41)42/h3-26H,1-2H3. The Labute approximate surface area is 299 Å². The number of hydrogen-bond donors (Lipinski definition) is 0. The van der Waals surface area contributed by atoms with Gasteiger partial charge in [-0.15, -0.1) is 0 Å². The zero-order chi connectivity index (χ0) is 35.0. The molecule has 0 fully saturated rings. The second kappa shape index (κ2) is 13.5. The second-order valence-corrected chi connectivity index (χ2v) is 17.8. The Morgan fingerprint density at radius 3 is 1.22 bits per heavy atom. The van der Waals surface area contributed by atoms with Crippen molar-refractivity contribution < 1.29 is 16.8 Å².